The minimum Gasteiger partial charge on any atom is -0.502 e. The van der Waals surface area contributed by atoms with Crippen molar-refractivity contribution in [3.8, 4) is 11.5 Å². The first-order chi connectivity index (χ1) is 11.5. The summed E-state index contributed by atoms with van der Waals surface area (Å²) in [5.41, 5.74) is 3.40. The molecule has 24 heavy (non-hydrogen) atoms. The molecule has 2 aromatic carbocycles. The van der Waals surface area contributed by atoms with E-state index in [1.54, 1.807) is 31.4 Å². The van der Waals surface area contributed by atoms with E-state index in [2.05, 4.69) is 15.8 Å². The molecule has 0 saturated carbocycles. The number of nitrogens with one attached hydrogen (secondary N) is 2. The highest BCUT2D eigenvalue weighted by molar-refractivity contribution is 7.80. The summed E-state index contributed by atoms with van der Waals surface area (Å²) >= 11 is 5.09. The fraction of sp³-hybridized carbons (Fsp3) is 0.0667. The van der Waals surface area contributed by atoms with Crippen LogP contribution >= 0.6 is 12.2 Å². The van der Waals surface area contributed by atoms with E-state index in [0.29, 0.717) is 5.56 Å². The molecule has 0 spiro atoms. The van der Waals surface area contributed by atoms with Crippen molar-refractivity contribution in [2.45, 2.75) is 0 Å². The lowest BCUT2D eigenvalue weighted by Gasteiger charge is -2.07. The maximum Gasteiger partial charge on any atom is 0.311 e. The molecule has 0 aromatic heterocycles. The lowest BCUT2D eigenvalue weighted by atomic mass is 10.2. The zero-order valence-electron chi connectivity index (χ0n) is 12.6. The van der Waals surface area contributed by atoms with Crippen molar-refractivity contribution in [3.05, 3.63) is 58.1 Å². The molecular formula is C15H14N4O4S. The van der Waals surface area contributed by atoms with Crippen LogP contribution in [0.1, 0.15) is 5.56 Å². The summed E-state index contributed by atoms with van der Waals surface area (Å²) < 4.78 is 5.06. The van der Waals surface area contributed by atoms with Gasteiger partial charge in [0.25, 0.3) is 0 Å². The first-order valence-corrected chi connectivity index (χ1v) is 7.12. The number of thiocarbonyl (C=S) groups is 1. The lowest BCUT2D eigenvalue weighted by molar-refractivity contribution is -0.385. The minimum absolute atomic E-state index is 0.254. The molecule has 124 valence electrons. The van der Waals surface area contributed by atoms with Crippen molar-refractivity contribution >= 4 is 34.9 Å². The van der Waals surface area contributed by atoms with E-state index in [0.717, 1.165) is 11.4 Å². The zero-order chi connectivity index (χ0) is 17.5. The molecule has 0 radical (unpaired) electrons. The van der Waals surface area contributed by atoms with Gasteiger partial charge in [-0.15, -0.1) is 0 Å². The number of hydrogen-bond donors (Lipinski definition) is 3. The van der Waals surface area contributed by atoms with Crippen LogP contribution in [0.25, 0.3) is 0 Å². The summed E-state index contributed by atoms with van der Waals surface area (Å²) in [5, 5.41) is 27.2. The van der Waals surface area contributed by atoms with Crippen molar-refractivity contribution in [3.63, 3.8) is 0 Å². The van der Waals surface area contributed by atoms with E-state index in [9.17, 15) is 15.2 Å². The molecule has 0 heterocycles. The van der Waals surface area contributed by atoms with Crippen LogP contribution < -0.4 is 15.5 Å². The highest BCUT2D eigenvalue weighted by Crippen LogP contribution is 2.25. The van der Waals surface area contributed by atoms with Crippen LogP contribution in [0.15, 0.2) is 47.6 Å². The lowest BCUT2D eigenvalue weighted by Crippen LogP contribution is -2.23. The Morgan fingerprint density at radius 3 is 2.67 bits per heavy atom. The molecule has 0 bridgehead atoms. The Morgan fingerprint density at radius 2 is 2.04 bits per heavy atom. The van der Waals surface area contributed by atoms with E-state index in [4.69, 9.17) is 17.0 Å². The summed E-state index contributed by atoms with van der Waals surface area (Å²) in [6.45, 7) is 0. The summed E-state index contributed by atoms with van der Waals surface area (Å²) in [7, 11) is 1.58. The second-order valence-electron chi connectivity index (χ2n) is 4.56. The first kappa shape index (κ1) is 17.2. The molecular weight excluding hydrogens is 332 g/mol. The monoisotopic (exact) mass is 346 g/mol. The highest BCUT2D eigenvalue weighted by Gasteiger charge is 2.12. The van der Waals surface area contributed by atoms with Crippen LogP contribution in [-0.4, -0.2) is 28.5 Å². The summed E-state index contributed by atoms with van der Waals surface area (Å²) in [4.78, 5) is 10.1. The van der Waals surface area contributed by atoms with Gasteiger partial charge < -0.3 is 15.2 Å². The molecule has 0 aliphatic carbocycles. The largest absolute Gasteiger partial charge is 0.502 e. The Hall–Kier alpha value is -3.20. The third-order valence-electron chi connectivity index (χ3n) is 2.92. The average Bonchev–Trinajstić information content (AvgIpc) is 2.57. The number of benzene rings is 2. The van der Waals surface area contributed by atoms with Crippen LogP contribution in [0.5, 0.6) is 11.5 Å². The third kappa shape index (κ3) is 4.65. The fourth-order valence-electron chi connectivity index (χ4n) is 1.77. The van der Waals surface area contributed by atoms with Crippen LogP contribution in [0.3, 0.4) is 0 Å². The number of rotatable bonds is 5. The third-order valence-corrected chi connectivity index (χ3v) is 3.12. The Labute approximate surface area is 142 Å². The van der Waals surface area contributed by atoms with Crippen LogP contribution in [0, 0.1) is 10.1 Å². The Balaban J connectivity index is 1.94. The van der Waals surface area contributed by atoms with Gasteiger partial charge in [-0.1, -0.05) is 0 Å². The Bertz CT molecular complexity index is 778. The van der Waals surface area contributed by atoms with Crippen molar-refractivity contribution < 1.29 is 14.8 Å². The number of anilines is 1. The van der Waals surface area contributed by atoms with Gasteiger partial charge >= 0.3 is 5.69 Å². The summed E-state index contributed by atoms with van der Waals surface area (Å²) in [6, 6.07) is 11.1. The number of hydrazone groups is 1. The van der Waals surface area contributed by atoms with Crippen molar-refractivity contribution in [1.82, 2.24) is 5.43 Å². The predicted molar refractivity (Wildman–Crippen MR) is 94.7 cm³/mol. The van der Waals surface area contributed by atoms with Gasteiger partial charge in [0.1, 0.15) is 5.75 Å². The first-order valence-electron chi connectivity index (χ1n) is 6.71. The molecule has 9 heteroatoms. The molecule has 0 fully saturated rings. The fourth-order valence-corrected chi connectivity index (χ4v) is 1.94. The molecule has 0 saturated heterocycles. The zero-order valence-corrected chi connectivity index (χ0v) is 13.4. The van der Waals surface area contributed by atoms with E-state index < -0.39 is 16.4 Å². The van der Waals surface area contributed by atoms with Gasteiger partial charge in [-0.2, -0.15) is 5.10 Å². The van der Waals surface area contributed by atoms with Crippen LogP contribution in [0.4, 0.5) is 11.4 Å². The van der Waals surface area contributed by atoms with Crippen LogP contribution in [-0.2, 0) is 0 Å². The number of methoxy groups -OCH3 is 1. The molecule has 3 N–H and O–H groups in total. The molecule has 0 unspecified atom stereocenters. The van der Waals surface area contributed by atoms with E-state index >= 15 is 0 Å². The highest BCUT2D eigenvalue weighted by atomic mass is 32.1. The quantitative estimate of drug-likeness (QED) is 0.330. The van der Waals surface area contributed by atoms with Gasteiger partial charge in [-0.3, -0.25) is 15.5 Å². The molecule has 0 atom stereocenters. The molecule has 0 aliphatic heterocycles. The normalized spacial score (nSPS) is 10.4. The van der Waals surface area contributed by atoms with Crippen molar-refractivity contribution in [1.29, 1.82) is 0 Å². The van der Waals surface area contributed by atoms with E-state index in [-0.39, 0.29) is 5.11 Å². The Morgan fingerprint density at radius 1 is 1.33 bits per heavy atom. The second-order valence-corrected chi connectivity index (χ2v) is 4.97. The second kappa shape index (κ2) is 7.88. The number of hydrogen-bond acceptors (Lipinski definition) is 6. The maximum absolute atomic E-state index is 10.8. The Kier molecular flexibility index (Phi) is 5.63. The maximum atomic E-state index is 10.8. The van der Waals surface area contributed by atoms with Gasteiger partial charge in [0, 0.05) is 17.3 Å². The minimum atomic E-state index is -0.671. The number of nitrogens with zero attached hydrogens (tertiary/aromatic N) is 2. The molecule has 0 amide bonds. The van der Waals surface area contributed by atoms with Crippen molar-refractivity contribution in [2.75, 3.05) is 12.4 Å². The predicted octanol–water partition coefficient (Wildman–Crippen LogP) is 2.63. The number of phenols is 1. The van der Waals surface area contributed by atoms with E-state index in [1.807, 2.05) is 0 Å². The SMILES string of the molecule is COc1ccc(NC(=S)N/N=C/c2ccc(O)c([N+](=O)[O-])c2)cc1. The van der Waals surface area contributed by atoms with Gasteiger partial charge in [0.05, 0.1) is 18.2 Å². The summed E-state index contributed by atoms with van der Waals surface area (Å²) in [6.07, 6.45) is 1.36. The number of phenolic OH excluding ortho intramolecular Hbond substituents is 1. The molecule has 2 rings (SSSR count). The van der Waals surface area contributed by atoms with Gasteiger partial charge in [-0.05, 0) is 48.6 Å². The molecule has 0 aliphatic rings. The van der Waals surface area contributed by atoms with Gasteiger partial charge in [-0.25, -0.2) is 0 Å². The molecule has 2 aromatic rings. The smallest absolute Gasteiger partial charge is 0.311 e. The van der Waals surface area contributed by atoms with Gasteiger partial charge in [0.15, 0.2) is 10.9 Å². The number of aromatic hydroxyl groups is 1. The number of nitro groups is 1. The van der Waals surface area contributed by atoms with Gasteiger partial charge in [0.2, 0.25) is 0 Å². The molecule has 8 nitrogen and oxygen atoms in total. The summed E-state index contributed by atoms with van der Waals surface area (Å²) in [5.74, 6) is 0.327. The number of ether oxygens (including phenoxy) is 1. The topological polar surface area (TPSA) is 109 Å². The van der Waals surface area contributed by atoms with Crippen molar-refractivity contribution in [2.24, 2.45) is 5.10 Å². The average molecular weight is 346 g/mol. The standard InChI is InChI=1S/C15H14N4O4S/c1-23-12-5-3-11(4-6-12)17-15(24)18-16-9-10-2-7-14(20)13(8-10)19(21)22/h2-9,20H,1H3,(H2,17,18,24)/b16-9+. The van der Waals surface area contributed by atoms with E-state index in [1.165, 1.54) is 24.4 Å². The number of nitro benzene ring substituents is 1. The van der Waals surface area contributed by atoms with Crippen LogP contribution in [0.2, 0.25) is 0 Å².